The summed E-state index contributed by atoms with van der Waals surface area (Å²) in [6.07, 6.45) is -11.1. The minimum Gasteiger partial charge on any atom is -0.378 e. The molecule has 0 aliphatic rings. The van der Waals surface area contributed by atoms with Gasteiger partial charge in [-0.1, -0.05) is 19.1 Å². The molecule has 0 aliphatic carbocycles. The van der Waals surface area contributed by atoms with Crippen molar-refractivity contribution in [3.8, 4) is 0 Å². The zero-order valence-electron chi connectivity index (χ0n) is 15.6. The van der Waals surface area contributed by atoms with E-state index in [9.17, 15) is 40.6 Å². The van der Waals surface area contributed by atoms with E-state index in [1.54, 1.807) is 6.92 Å². The first-order valence-corrected chi connectivity index (χ1v) is 8.82. The Morgan fingerprint density at radius 1 is 0.967 bits per heavy atom. The zero-order valence-corrected chi connectivity index (χ0v) is 15.6. The highest BCUT2D eigenvalue weighted by Crippen LogP contribution is 2.36. The topological polar surface area (TPSA) is 49.3 Å². The first-order chi connectivity index (χ1) is 13.8. The van der Waals surface area contributed by atoms with Crippen molar-refractivity contribution in [3.63, 3.8) is 0 Å². The molecule has 0 heterocycles. The first-order valence-electron chi connectivity index (χ1n) is 8.82. The Labute approximate surface area is 167 Å². The highest BCUT2D eigenvalue weighted by Gasteiger charge is 2.37. The molecule has 0 saturated heterocycles. The van der Waals surface area contributed by atoms with Gasteiger partial charge in [-0.3, -0.25) is 10.1 Å². The van der Waals surface area contributed by atoms with Crippen molar-refractivity contribution in [3.05, 3.63) is 70.5 Å². The molecule has 2 aromatic carbocycles. The number of nitrogens with one attached hydrogen (secondary N) is 1. The van der Waals surface area contributed by atoms with Gasteiger partial charge in [0.05, 0.1) is 17.7 Å². The smallest absolute Gasteiger partial charge is 0.378 e. The van der Waals surface area contributed by atoms with Crippen molar-refractivity contribution >= 4 is 5.78 Å². The maximum atomic E-state index is 13.0. The molecule has 0 aromatic heterocycles. The van der Waals surface area contributed by atoms with Crippen LogP contribution in [0.3, 0.4) is 0 Å². The van der Waals surface area contributed by atoms with Crippen molar-refractivity contribution in [1.29, 1.82) is 0 Å². The summed E-state index contributed by atoms with van der Waals surface area (Å²) < 4.78 is 90.6. The van der Waals surface area contributed by atoms with Gasteiger partial charge in [-0.15, -0.1) is 0 Å². The lowest BCUT2D eigenvalue weighted by molar-refractivity contribution is -0.143. The number of alkyl halides is 6. The van der Waals surface area contributed by atoms with Gasteiger partial charge in [-0.05, 0) is 42.3 Å². The molecule has 2 N–H and O–H groups in total. The fourth-order valence-corrected chi connectivity index (χ4v) is 2.91. The molecule has 0 fully saturated rings. The molecule has 2 rings (SSSR count). The summed E-state index contributed by atoms with van der Waals surface area (Å²) in [4.78, 5) is 12.2. The Balaban J connectivity index is 2.19. The normalized spacial score (nSPS) is 14.4. The maximum absolute atomic E-state index is 13.0. The van der Waals surface area contributed by atoms with Crippen LogP contribution in [0, 0.1) is 5.82 Å². The lowest BCUT2D eigenvalue weighted by Gasteiger charge is -2.23. The van der Waals surface area contributed by atoms with Gasteiger partial charge >= 0.3 is 12.4 Å². The second-order valence-electron chi connectivity index (χ2n) is 6.61. The molecular weight excluding hydrogens is 419 g/mol. The van der Waals surface area contributed by atoms with Crippen LogP contribution in [0.15, 0.2) is 42.5 Å². The molecule has 3 nitrogen and oxygen atoms in total. The molecular formula is C20H18F7NO2. The molecule has 0 radical (unpaired) electrons. The Bertz CT molecular complexity index is 844. The summed E-state index contributed by atoms with van der Waals surface area (Å²) in [6.45, 7) is 1.01. The lowest BCUT2D eigenvalue weighted by atomic mass is 9.94. The number of ketones is 1. The van der Waals surface area contributed by atoms with Crippen LogP contribution in [-0.2, 0) is 12.4 Å². The average molecular weight is 437 g/mol. The number of aliphatic hydroxyl groups is 1. The zero-order chi connectivity index (χ0) is 22.7. The van der Waals surface area contributed by atoms with Gasteiger partial charge in [0.2, 0.25) is 0 Å². The van der Waals surface area contributed by atoms with Crippen molar-refractivity contribution < 1.29 is 40.6 Å². The Kier molecular flexibility index (Phi) is 7.25. The van der Waals surface area contributed by atoms with Crippen LogP contribution in [0.1, 0.15) is 46.3 Å². The van der Waals surface area contributed by atoms with Gasteiger partial charge in [0.1, 0.15) is 12.0 Å². The van der Waals surface area contributed by atoms with Crippen LogP contribution in [0.4, 0.5) is 30.7 Å². The Morgan fingerprint density at radius 2 is 1.47 bits per heavy atom. The summed E-state index contributed by atoms with van der Waals surface area (Å²) in [6, 6.07) is 5.82. The van der Waals surface area contributed by atoms with E-state index in [4.69, 9.17) is 0 Å². The molecule has 10 heteroatoms. The van der Waals surface area contributed by atoms with Gasteiger partial charge in [0.15, 0.2) is 5.78 Å². The fourth-order valence-electron chi connectivity index (χ4n) is 2.91. The Hall–Kier alpha value is -2.46. The van der Waals surface area contributed by atoms with Crippen molar-refractivity contribution in [2.24, 2.45) is 0 Å². The summed E-state index contributed by atoms with van der Waals surface area (Å²) in [5.41, 5.74) is -3.44. The molecule has 0 bridgehead atoms. The molecule has 30 heavy (non-hydrogen) atoms. The van der Waals surface area contributed by atoms with Gasteiger partial charge < -0.3 is 5.11 Å². The molecule has 2 unspecified atom stereocenters. The van der Waals surface area contributed by atoms with Gasteiger partial charge in [0.25, 0.3) is 0 Å². The van der Waals surface area contributed by atoms with Gasteiger partial charge in [-0.25, -0.2) is 4.39 Å². The van der Waals surface area contributed by atoms with E-state index in [1.165, 1.54) is 24.3 Å². The summed E-state index contributed by atoms with van der Waals surface area (Å²) in [7, 11) is 0. The van der Waals surface area contributed by atoms with Crippen molar-refractivity contribution in [2.75, 3.05) is 6.54 Å². The molecule has 2 atom stereocenters. The van der Waals surface area contributed by atoms with E-state index >= 15 is 0 Å². The minimum atomic E-state index is -5.07. The van der Waals surface area contributed by atoms with E-state index in [0.29, 0.717) is 24.1 Å². The lowest BCUT2D eigenvalue weighted by Crippen LogP contribution is -2.38. The van der Waals surface area contributed by atoms with E-state index < -0.39 is 59.3 Å². The molecule has 0 saturated carbocycles. The molecule has 0 amide bonds. The third kappa shape index (κ3) is 6.02. The average Bonchev–Trinajstić information content (AvgIpc) is 2.66. The van der Waals surface area contributed by atoms with Crippen LogP contribution in [-0.4, -0.2) is 23.7 Å². The van der Waals surface area contributed by atoms with Crippen LogP contribution in [0.2, 0.25) is 0 Å². The number of aliphatic hydroxyl groups excluding tert-OH is 1. The standard InChI is InChI=1S/C20H18F7NO2/c1-2-16(11-3-5-15(21)6-4-11)18(30)28-10-17(29)12-7-13(19(22,23)24)9-14(8-12)20(25,26)27/h3-9,16,18,28,30H,2,10H2,1H3. The molecule has 2 aromatic rings. The number of hydrogen-bond acceptors (Lipinski definition) is 3. The second-order valence-corrected chi connectivity index (χ2v) is 6.61. The summed E-state index contributed by atoms with van der Waals surface area (Å²) in [5.74, 6) is -2.12. The fraction of sp³-hybridized carbons (Fsp3) is 0.350. The third-order valence-electron chi connectivity index (χ3n) is 4.50. The number of benzene rings is 2. The summed E-state index contributed by atoms with van der Waals surface area (Å²) >= 11 is 0. The SMILES string of the molecule is CCC(c1ccc(F)cc1)C(O)NCC(=O)c1cc(C(F)(F)F)cc(C(F)(F)F)c1. The van der Waals surface area contributed by atoms with E-state index in [-0.39, 0.29) is 6.07 Å². The molecule has 164 valence electrons. The monoisotopic (exact) mass is 437 g/mol. The van der Waals surface area contributed by atoms with Crippen LogP contribution < -0.4 is 5.32 Å². The number of hydrogen-bond donors (Lipinski definition) is 2. The highest BCUT2D eigenvalue weighted by molar-refractivity contribution is 5.98. The Morgan fingerprint density at radius 3 is 1.90 bits per heavy atom. The van der Waals surface area contributed by atoms with Crippen molar-refractivity contribution in [1.82, 2.24) is 5.32 Å². The van der Waals surface area contributed by atoms with Crippen molar-refractivity contribution in [2.45, 2.75) is 37.8 Å². The third-order valence-corrected chi connectivity index (χ3v) is 4.50. The quantitative estimate of drug-likeness (QED) is 0.358. The number of carbonyl (C=O) groups is 1. The number of carbonyl (C=O) groups excluding carboxylic acids is 1. The predicted octanol–water partition coefficient (Wildman–Crippen LogP) is 5.15. The number of halogens is 7. The maximum Gasteiger partial charge on any atom is 0.416 e. The number of Topliss-reactive ketones (excluding diaryl/α,β-unsaturated/α-hetero) is 1. The first kappa shape index (κ1) is 23.8. The van der Waals surface area contributed by atoms with Crippen LogP contribution in [0.25, 0.3) is 0 Å². The predicted molar refractivity (Wildman–Crippen MR) is 94.2 cm³/mol. The minimum absolute atomic E-state index is 0.0687. The van der Waals surface area contributed by atoms with E-state index in [1.807, 2.05) is 0 Å². The van der Waals surface area contributed by atoms with Crippen LogP contribution in [0.5, 0.6) is 0 Å². The van der Waals surface area contributed by atoms with Crippen LogP contribution >= 0.6 is 0 Å². The number of rotatable bonds is 7. The van der Waals surface area contributed by atoms with E-state index in [2.05, 4.69) is 5.32 Å². The van der Waals surface area contributed by atoms with Gasteiger partial charge in [0, 0.05) is 11.5 Å². The van der Waals surface area contributed by atoms with E-state index in [0.717, 1.165) is 0 Å². The molecule has 0 spiro atoms. The second kappa shape index (κ2) is 9.13. The largest absolute Gasteiger partial charge is 0.416 e. The molecule has 0 aliphatic heterocycles. The highest BCUT2D eigenvalue weighted by atomic mass is 19.4. The van der Waals surface area contributed by atoms with Gasteiger partial charge in [-0.2, -0.15) is 26.3 Å². The summed E-state index contributed by atoms with van der Waals surface area (Å²) in [5, 5.41) is 12.7.